The van der Waals surface area contributed by atoms with Crippen LogP contribution in [0.25, 0.3) is 5.57 Å². The molecule has 0 saturated heterocycles. The first-order valence-electron chi connectivity index (χ1n) is 11.3. The van der Waals surface area contributed by atoms with Gasteiger partial charge in [0.05, 0.1) is 0 Å². The minimum atomic E-state index is -1.47. The van der Waals surface area contributed by atoms with Crippen LogP contribution >= 0.6 is 0 Å². The molecule has 32 heavy (non-hydrogen) atoms. The van der Waals surface area contributed by atoms with Crippen molar-refractivity contribution in [1.82, 2.24) is 0 Å². The molecule has 0 aliphatic rings. The van der Waals surface area contributed by atoms with E-state index in [1.54, 1.807) is 0 Å². The van der Waals surface area contributed by atoms with Crippen molar-refractivity contribution in [3.05, 3.63) is 94.6 Å². The van der Waals surface area contributed by atoms with E-state index < -0.39 is 9.04 Å². The van der Waals surface area contributed by atoms with Gasteiger partial charge in [-0.05, 0) is 76.9 Å². The molecule has 0 aliphatic carbocycles. The molecule has 3 heteroatoms. The van der Waals surface area contributed by atoms with E-state index in [1.165, 1.54) is 43.8 Å². The van der Waals surface area contributed by atoms with Crippen molar-refractivity contribution >= 4 is 25.0 Å². The van der Waals surface area contributed by atoms with Crippen LogP contribution in [0.5, 0.6) is 5.75 Å². The number of hydrogen-bond donors (Lipinski definition) is 1. The molecule has 0 saturated carbocycles. The van der Waals surface area contributed by atoms with Crippen LogP contribution in [0.2, 0.25) is 0 Å². The van der Waals surface area contributed by atoms with E-state index >= 15 is 0 Å². The Kier molecular flexibility index (Phi) is 7.42. The molecule has 3 aromatic rings. The fraction of sp³-hybridized carbons (Fsp3) is 0.310. The highest BCUT2D eigenvalue weighted by atomic mass is 28.3. The third-order valence-corrected chi connectivity index (χ3v) is 8.15. The van der Waals surface area contributed by atoms with Gasteiger partial charge in [0.25, 0.3) is 0 Å². The van der Waals surface area contributed by atoms with Gasteiger partial charge in [-0.1, -0.05) is 87.5 Å². The van der Waals surface area contributed by atoms with Gasteiger partial charge >= 0.3 is 9.04 Å². The Morgan fingerprint density at radius 1 is 0.844 bits per heavy atom. The van der Waals surface area contributed by atoms with Crippen molar-refractivity contribution < 1.29 is 4.43 Å². The first-order valence-corrected chi connectivity index (χ1v) is 12.7. The lowest BCUT2D eigenvalue weighted by Crippen LogP contribution is -2.47. The highest BCUT2D eigenvalue weighted by molar-refractivity contribution is 6.80. The largest absolute Gasteiger partial charge is 0.532 e. The molecule has 0 fully saturated rings. The lowest BCUT2D eigenvalue weighted by molar-refractivity contribution is 0.551. The Balaban J connectivity index is 2.28. The van der Waals surface area contributed by atoms with E-state index in [2.05, 4.69) is 115 Å². The number of benzene rings is 3. The molecule has 0 bridgehead atoms. The topological polar surface area (TPSA) is 35.2 Å². The highest BCUT2D eigenvalue weighted by Gasteiger charge is 2.29. The zero-order valence-corrected chi connectivity index (χ0v) is 21.5. The molecular weight excluding hydrogens is 406 g/mol. The first-order chi connectivity index (χ1) is 15.2. The van der Waals surface area contributed by atoms with Gasteiger partial charge in [-0.25, -0.2) is 0 Å². The molecule has 3 aromatic carbocycles. The molecule has 2 N–H and O–H groups in total. The van der Waals surface area contributed by atoms with E-state index in [-0.39, 0.29) is 5.41 Å². The molecule has 0 spiro atoms. The standard InChI is InChI=1S/C29H36NOSi/c1-20(18-19-30)26-21(2)27(29(5,6)7)23(4)28(22(26)3)31-32(24-14-10-8-11-15-24)25-16-12-9-13-17-25/h8-18H,19,30H2,1-7H3. The molecule has 0 aromatic heterocycles. The average Bonchev–Trinajstić information content (AvgIpc) is 2.74. The third-order valence-electron chi connectivity index (χ3n) is 6.03. The van der Waals surface area contributed by atoms with Gasteiger partial charge in [0.1, 0.15) is 5.75 Å². The van der Waals surface area contributed by atoms with Crippen molar-refractivity contribution in [2.45, 2.75) is 53.9 Å². The molecule has 3 rings (SSSR count). The summed E-state index contributed by atoms with van der Waals surface area (Å²) in [6, 6.07) is 21.3. The van der Waals surface area contributed by atoms with Crippen LogP contribution in [0.3, 0.4) is 0 Å². The van der Waals surface area contributed by atoms with Crippen LogP contribution in [0.4, 0.5) is 0 Å². The first kappa shape index (κ1) is 24.0. The minimum Gasteiger partial charge on any atom is -0.532 e. The molecule has 2 nitrogen and oxygen atoms in total. The molecule has 0 heterocycles. The summed E-state index contributed by atoms with van der Waals surface area (Å²) < 4.78 is 7.05. The van der Waals surface area contributed by atoms with Gasteiger partial charge in [0, 0.05) is 6.54 Å². The number of nitrogens with two attached hydrogens (primary N) is 1. The monoisotopic (exact) mass is 442 g/mol. The second-order valence-corrected chi connectivity index (χ2v) is 11.5. The summed E-state index contributed by atoms with van der Waals surface area (Å²) in [6.07, 6.45) is 2.11. The molecule has 0 unspecified atom stereocenters. The summed E-state index contributed by atoms with van der Waals surface area (Å²) in [4.78, 5) is 0. The van der Waals surface area contributed by atoms with Gasteiger partial charge in [0.15, 0.2) is 0 Å². The smallest absolute Gasteiger partial charge is 0.352 e. The number of rotatable bonds is 6. The maximum absolute atomic E-state index is 7.05. The van der Waals surface area contributed by atoms with Crippen LogP contribution in [0.15, 0.2) is 66.7 Å². The van der Waals surface area contributed by atoms with E-state index in [1.807, 2.05) is 0 Å². The summed E-state index contributed by atoms with van der Waals surface area (Å²) in [5.74, 6) is 1.02. The third kappa shape index (κ3) is 4.90. The van der Waals surface area contributed by atoms with E-state index in [0.717, 1.165) is 5.75 Å². The Morgan fingerprint density at radius 2 is 1.34 bits per heavy atom. The Morgan fingerprint density at radius 3 is 1.78 bits per heavy atom. The lowest BCUT2D eigenvalue weighted by atomic mass is 9.77. The average molecular weight is 443 g/mol. The fourth-order valence-electron chi connectivity index (χ4n) is 4.91. The zero-order valence-electron chi connectivity index (χ0n) is 20.5. The van der Waals surface area contributed by atoms with Crippen LogP contribution < -0.4 is 20.5 Å². The van der Waals surface area contributed by atoms with E-state index in [0.29, 0.717) is 6.54 Å². The SMILES string of the molecule is CC(=CCN)c1c(C)c(O[Si](c2ccccc2)c2ccccc2)c(C)c(C(C)(C)C)c1C. The fourth-order valence-corrected chi connectivity index (χ4v) is 6.98. The number of hydrogen-bond acceptors (Lipinski definition) is 2. The zero-order chi connectivity index (χ0) is 23.5. The molecular formula is C29H36NOSi. The summed E-state index contributed by atoms with van der Waals surface area (Å²) in [7, 11) is -1.47. The van der Waals surface area contributed by atoms with Gasteiger partial charge in [-0.2, -0.15) is 0 Å². The summed E-state index contributed by atoms with van der Waals surface area (Å²) in [6.45, 7) is 16.2. The highest BCUT2D eigenvalue weighted by Crippen LogP contribution is 2.41. The molecule has 1 radical (unpaired) electrons. The predicted octanol–water partition coefficient (Wildman–Crippen LogP) is 5.46. The second kappa shape index (κ2) is 9.89. The van der Waals surface area contributed by atoms with Crippen molar-refractivity contribution in [3.63, 3.8) is 0 Å². The van der Waals surface area contributed by atoms with Crippen LogP contribution in [-0.4, -0.2) is 15.6 Å². The summed E-state index contributed by atoms with van der Waals surface area (Å²) in [5, 5.41) is 2.49. The maximum atomic E-state index is 7.05. The van der Waals surface area contributed by atoms with Crippen molar-refractivity contribution in [3.8, 4) is 5.75 Å². The molecule has 0 aliphatic heterocycles. The van der Waals surface area contributed by atoms with Crippen LogP contribution in [-0.2, 0) is 5.41 Å². The van der Waals surface area contributed by atoms with Crippen molar-refractivity contribution in [2.75, 3.05) is 6.54 Å². The van der Waals surface area contributed by atoms with Crippen LogP contribution in [0, 0.1) is 20.8 Å². The van der Waals surface area contributed by atoms with Crippen LogP contribution in [0.1, 0.15) is 55.5 Å². The second-order valence-electron chi connectivity index (χ2n) is 9.49. The Labute approximate surface area is 195 Å². The lowest BCUT2D eigenvalue weighted by Gasteiger charge is -2.31. The quantitative estimate of drug-likeness (QED) is 0.515. The summed E-state index contributed by atoms with van der Waals surface area (Å²) in [5.41, 5.74) is 13.5. The minimum absolute atomic E-state index is 0.00409. The van der Waals surface area contributed by atoms with Crippen molar-refractivity contribution in [2.24, 2.45) is 5.73 Å². The Bertz CT molecular complexity index is 1060. The normalized spacial score (nSPS) is 12.3. The van der Waals surface area contributed by atoms with E-state index in [4.69, 9.17) is 10.2 Å². The van der Waals surface area contributed by atoms with E-state index in [9.17, 15) is 0 Å². The predicted molar refractivity (Wildman–Crippen MR) is 141 cm³/mol. The maximum Gasteiger partial charge on any atom is 0.352 e. The van der Waals surface area contributed by atoms with Crippen molar-refractivity contribution in [1.29, 1.82) is 0 Å². The Hall–Kier alpha value is -2.62. The van der Waals surface area contributed by atoms with Gasteiger partial charge < -0.3 is 10.2 Å². The molecule has 0 amide bonds. The summed E-state index contributed by atoms with van der Waals surface area (Å²) >= 11 is 0. The molecule has 0 atom stereocenters. The molecule has 167 valence electrons. The van der Waals surface area contributed by atoms with Gasteiger partial charge in [0.2, 0.25) is 0 Å². The van der Waals surface area contributed by atoms with Gasteiger partial charge in [-0.3, -0.25) is 0 Å². The van der Waals surface area contributed by atoms with Gasteiger partial charge in [-0.15, -0.1) is 0 Å². The number of allylic oxidation sites excluding steroid dienone is 1.